The number of halogens is 1. The Morgan fingerprint density at radius 3 is 2.38 bits per heavy atom. The highest BCUT2D eigenvalue weighted by Gasteiger charge is 2.19. The van der Waals surface area contributed by atoms with Gasteiger partial charge in [-0.15, -0.1) is 12.4 Å². The number of amides is 1. The Morgan fingerprint density at radius 2 is 1.65 bits per heavy atom. The number of nitrogens with two attached hydrogens (primary N) is 1. The lowest BCUT2D eigenvalue weighted by atomic mass is 9.92. The van der Waals surface area contributed by atoms with Crippen molar-refractivity contribution >= 4 is 18.3 Å². The van der Waals surface area contributed by atoms with Crippen molar-refractivity contribution in [1.29, 1.82) is 0 Å². The fourth-order valence-corrected chi connectivity index (χ4v) is 3.27. The average molecular weight is 375 g/mol. The molecule has 1 amide bonds. The first-order valence-electron chi connectivity index (χ1n) is 9.04. The van der Waals surface area contributed by atoms with Crippen molar-refractivity contribution in [3.05, 3.63) is 54.6 Å². The predicted octanol–water partition coefficient (Wildman–Crippen LogP) is 3.93. The molecule has 0 heterocycles. The standard InChI is InChI=1S/C21H26N2O2.ClH/c22-17-10-12-18(13-11-17)23-21(24)14-15-25-20-9-5-4-8-19(20)16-6-2-1-3-7-16;/h1-9,17-18H,10-15,22H2,(H,23,24);1H. The highest BCUT2D eigenvalue weighted by molar-refractivity contribution is 5.85. The van der Waals surface area contributed by atoms with E-state index < -0.39 is 0 Å². The molecule has 2 aromatic carbocycles. The average Bonchev–Trinajstić information content (AvgIpc) is 2.65. The largest absolute Gasteiger partial charge is 0.492 e. The highest BCUT2D eigenvalue weighted by atomic mass is 35.5. The van der Waals surface area contributed by atoms with Crippen LogP contribution in [0.4, 0.5) is 0 Å². The minimum Gasteiger partial charge on any atom is -0.492 e. The Kier molecular flexibility index (Phi) is 7.95. The van der Waals surface area contributed by atoms with Crippen molar-refractivity contribution < 1.29 is 9.53 Å². The molecule has 1 fully saturated rings. The number of benzene rings is 2. The molecule has 140 valence electrons. The van der Waals surface area contributed by atoms with Crippen molar-refractivity contribution in [2.45, 2.75) is 44.2 Å². The molecule has 1 saturated carbocycles. The van der Waals surface area contributed by atoms with E-state index in [1.807, 2.05) is 42.5 Å². The first kappa shape index (κ1) is 20.3. The zero-order chi connectivity index (χ0) is 17.5. The van der Waals surface area contributed by atoms with Crippen LogP contribution in [0, 0.1) is 0 Å². The van der Waals surface area contributed by atoms with Crippen molar-refractivity contribution in [2.24, 2.45) is 5.73 Å². The van der Waals surface area contributed by atoms with Gasteiger partial charge in [-0.2, -0.15) is 0 Å². The molecule has 5 heteroatoms. The molecule has 0 bridgehead atoms. The van der Waals surface area contributed by atoms with Gasteiger partial charge in [0.2, 0.25) is 5.91 Å². The molecule has 0 radical (unpaired) electrons. The number of para-hydroxylation sites is 1. The Morgan fingerprint density at radius 1 is 1.00 bits per heavy atom. The summed E-state index contributed by atoms with van der Waals surface area (Å²) >= 11 is 0. The van der Waals surface area contributed by atoms with Gasteiger partial charge in [0.1, 0.15) is 5.75 Å². The SMILES string of the molecule is Cl.NC1CCC(NC(=O)CCOc2ccccc2-c2ccccc2)CC1. The summed E-state index contributed by atoms with van der Waals surface area (Å²) in [4.78, 5) is 12.1. The molecule has 0 aromatic heterocycles. The lowest BCUT2D eigenvalue weighted by Crippen LogP contribution is -2.40. The number of nitrogens with one attached hydrogen (secondary N) is 1. The van der Waals surface area contributed by atoms with Gasteiger partial charge >= 0.3 is 0 Å². The Labute approximate surface area is 161 Å². The quantitative estimate of drug-likeness (QED) is 0.805. The van der Waals surface area contributed by atoms with Crippen molar-refractivity contribution in [3.63, 3.8) is 0 Å². The van der Waals surface area contributed by atoms with Crippen molar-refractivity contribution in [2.75, 3.05) is 6.61 Å². The number of carbonyl (C=O) groups excluding carboxylic acids is 1. The second-order valence-electron chi connectivity index (χ2n) is 6.64. The van der Waals surface area contributed by atoms with E-state index >= 15 is 0 Å². The van der Waals surface area contributed by atoms with Crippen LogP contribution in [0.3, 0.4) is 0 Å². The summed E-state index contributed by atoms with van der Waals surface area (Å²) in [6, 6.07) is 18.6. The summed E-state index contributed by atoms with van der Waals surface area (Å²) in [6.07, 6.45) is 4.30. The van der Waals surface area contributed by atoms with Crippen LogP contribution in [0.25, 0.3) is 11.1 Å². The maximum absolute atomic E-state index is 12.1. The maximum atomic E-state index is 12.1. The molecule has 1 aliphatic carbocycles. The van der Waals surface area contributed by atoms with E-state index in [2.05, 4.69) is 17.4 Å². The topological polar surface area (TPSA) is 64.3 Å². The molecule has 0 unspecified atom stereocenters. The number of ether oxygens (including phenoxy) is 1. The number of rotatable bonds is 6. The van der Waals surface area contributed by atoms with Crippen LogP contribution in [0.5, 0.6) is 5.75 Å². The van der Waals surface area contributed by atoms with Crippen LogP contribution in [-0.2, 0) is 4.79 Å². The first-order valence-corrected chi connectivity index (χ1v) is 9.04. The predicted molar refractivity (Wildman–Crippen MR) is 108 cm³/mol. The third kappa shape index (κ3) is 5.75. The molecular formula is C21H27ClN2O2. The zero-order valence-electron chi connectivity index (χ0n) is 14.9. The Balaban J connectivity index is 0.00000243. The van der Waals surface area contributed by atoms with E-state index in [1.165, 1.54) is 0 Å². The third-order valence-corrected chi connectivity index (χ3v) is 4.70. The summed E-state index contributed by atoms with van der Waals surface area (Å²) in [5.74, 6) is 0.864. The normalized spacial score (nSPS) is 19.3. The molecule has 0 spiro atoms. The van der Waals surface area contributed by atoms with Crippen LogP contribution in [0.15, 0.2) is 54.6 Å². The Hall–Kier alpha value is -2.04. The summed E-state index contributed by atoms with van der Waals surface area (Å²) in [6.45, 7) is 0.377. The van der Waals surface area contributed by atoms with Gasteiger partial charge < -0.3 is 15.8 Å². The van der Waals surface area contributed by atoms with Gasteiger partial charge in [-0.05, 0) is 37.3 Å². The van der Waals surface area contributed by atoms with Crippen molar-refractivity contribution in [3.8, 4) is 16.9 Å². The number of hydrogen-bond donors (Lipinski definition) is 2. The number of hydrogen-bond acceptors (Lipinski definition) is 3. The maximum Gasteiger partial charge on any atom is 0.223 e. The van der Waals surface area contributed by atoms with E-state index in [9.17, 15) is 4.79 Å². The van der Waals surface area contributed by atoms with Crippen molar-refractivity contribution in [1.82, 2.24) is 5.32 Å². The first-order chi connectivity index (χ1) is 12.2. The summed E-state index contributed by atoms with van der Waals surface area (Å²) in [5.41, 5.74) is 8.06. The molecule has 3 rings (SSSR count). The molecule has 0 saturated heterocycles. The lowest BCUT2D eigenvalue weighted by molar-refractivity contribution is -0.122. The van der Waals surface area contributed by atoms with E-state index in [0.29, 0.717) is 19.1 Å². The van der Waals surface area contributed by atoms with E-state index in [1.54, 1.807) is 0 Å². The van der Waals surface area contributed by atoms with E-state index in [0.717, 1.165) is 42.6 Å². The molecule has 1 aliphatic rings. The highest BCUT2D eigenvalue weighted by Crippen LogP contribution is 2.29. The van der Waals surface area contributed by atoms with Crippen LogP contribution in [-0.4, -0.2) is 24.6 Å². The Bertz CT molecular complexity index is 685. The summed E-state index contributed by atoms with van der Waals surface area (Å²) in [7, 11) is 0. The monoisotopic (exact) mass is 374 g/mol. The minimum atomic E-state index is 0. The minimum absolute atomic E-state index is 0. The van der Waals surface area contributed by atoms with Crippen LogP contribution in [0.2, 0.25) is 0 Å². The van der Waals surface area contributed by atoms with Crippen LogP contribution >= 0.6 is 12.4 Å². The van der Waals surface area contributed by atoms with Gasteiger partial charge in [0.15, 0.2) is 0 Å². The second-order valence-corrected chi connectivity index (χ2v) is 6.64. The summed E-state index contributed by atoms with van der Waals surface area (Å²) < 4.78 is 5.89. The molecule has 26 heavy (non-hydrogen) atoms. The fourth-order valence-electron chi connectivity index (χ4n) is 3.27. The smallest absolute Gasteiger partial charge is 0.223 e. The molecule has 2 aromatic rings. The fraction of sp³-hybridized carbons (Fsp3) is 0.381. The summed E-state index contributed by atoms with van der Waals surface area (Å²) in [5, 5.41) is 3.10. The van der Waals surface area contributed by atoms with Crippen LogP contribution < -0.4 is 15.8 Å². The van der Waals surface area contributed by atoms with E-state index in [-0.39, 0.29) is 24.4 Å². The molecular weight excluding hydrogens is 348 g/mol. The second kappa shape index (κ2) is 10.2. The van der Waals surface area contributed by atoms with Gasteiger partial charge in [-0.25, -0.2) is 0 Å². The molecule has 0 aliphatic heterocycles. The van der Waals surface area contributed by atoms with Crippen LogP contribution in [0.1, 0.15) is 32.1 Å². The third-order valence-electron chi connectivity index (χ3n) is 4.70. The van der Waals surface area contributed by atoms with Gasteiger partial charge in [-0.3, -0.25) is 4.79 Å². The van der Waals surface area contributed by atoms with Gasteiger partial charge in [0.25, 0.3) is 0 Å². The van der Waals surface area contributed by atoms with Gasteiger partial charge in [-0.1, -0.05) is 48.5 Å². The molecule has 0 atom stereocenters. The van der Waals surface area contributed by atoms with Gasteiger partial charge in [0, 0.05) is 17.6 Å². The van der Waals surface area contributed by atoms with Gasteiger partial charge in [0.05, 0.1) is 13.0 Å². The lowest BCUT2D eigenvalue weighted by Gasteiger charge is -2.26. The molecule has 3 N–H and O–H groups in total. The van der Waals surface area contributed by atoms with E-state index in [4.69, 9.17) is 10.5 Å². The molecule has 4 nitrogen and oxygen atoms in total. The number of carbonyl (C=O) groups is 1. The zero-order valence-corrected chi connectivity index (χ0v) is 15.7.